The van der Waals surface area contributed by atoms with Gasteiger partial charge < -0.3 is 4.90 Å². The van der Waals surface area contributed by atoms with Crippen LogP contribution in [-0.2, 0) is 7.05 Å². The van der Waals surface area contributed by atoms with E-state index in [-0.39, 0.29) is 17.3 Å². The molecule has 0 saturated carbocycles. The number of benzene rings is 2. The number of carbonyl (C=O) groups is 1. The molecule has 1 fully saturated rings. The number of rotatable bonds is 4. The Morgan fingerprint density at radius 2 is 1.78 bits per heavy atom. The van der Waals surface area contributed by atoms with E-state index in [4.69, 9.17) is 4.98 Å². The standard InChI is InChI=1S/C26H24N4O2/c1-29-24(31)16-23(19-10-12-27-13-11-19)28-26(29)30-14-4-7-22(17-30)25(32)21-9-8-18-5-2-3-6-20(18)15-21/h2-3,5-6,8-13,15-16,22H,4,7,14,17H2,1H3. The van der Waals surface area contributed by atoms with Crippen molar-refractivity contribution < 1.29 is 4.79 Å². The second-order valence-electron chi connectivity index (χ2n) is 8.29. The number of aromatic nitrogens is 3. The van der Waals surface area contributed by atoms with Gasteiger partial charge in [-0.3, -0.25) is 19.1 Å². The van der Waals surface area contributed by atoms with Crippen LogP contribution in [-0.4, -0.2) is 33.4 Å². The van der Waals surface area contributed by atoms with Crippen LogP contribution in [0.25, 0.3) is 22.0 Å². The van der Waals surface area contributed by atoms with Crippen LogP contribution in [0.1, 0.15) is 23.2 Å². The fourth-order valence-corrected chi connectivity index (χ4v) is 4.43. The summed E-state index contributed by atoms with van der Waals surface area (Å²) in [6.07, 6.45) is 5.08. The van der Waals surface area contributed by atoms with Crippen molar-refractivity contribution in [3.8, 4) is 11.3 Å². The van der Waals surface area contributed by atoms with Crippen LogP contribution in [0.5, 0.6) is 0 Å². The first kappa shape index (κ1) is 20.1. The second-order valence-corrected chi connectivity index (χ2v) is 8.29. The summed E-state index contributed by atoms with van der Waals surface area (Å²) in [6.45, 7) is 1.31. The Bertz CT molecular complexity index is 1350. The summed E-state index contributed by atoms with van der Waals surface area (Å²) in [6, 6.07) is 19.2. The molecule has 4 aromatic rings. The quantitative estimate of drug-likeness (QED) is 0.462. The molecular weight excluding hydrogens is 400 g/mol. The summed E-state index contributed by atoms with van der Waals surface area (Å²) in [5, 5.41) is 2.20. The van der Waals surface area contributed by atoms with Crippen LogP contribution in [0.15, 0.2) is 77.9 Å². The number of Topliss-reactive ketones (excluding diaryl/α,β-unsaturated/α-hetero) is 1. The SMILES string of the molecule is Cn1c(N2CCCC(C(=O)c3ccc4ccccc4c3)C2)nc(-c2ccncc2)cc1=O. The van der Waals surface area contributed by atoms with Crippen LogP contribution in [0, 0.1) is 5.92 Å². The summed E-state index contributed by atoms with van der Waals surface area (Å²) in [7, 11) is 1.73. The van der Waals surface area contributed by atoms with E-state index < -0.39 is 0 Å². The van der Waals surface area contributed by atoms with Crippen LogP contribution in [0.3, 0.4) is 0 Å². The fraction of sp³-hybridized carbons (Fsp3) is 0.231. The summed E-state index contributed by atoms with van der Waals surface area (Å²) < 4.78 is 1.56. The molecule has 1 saturated heterocycles. The predicted molar refractivity (Wildman–Crippen MR) is 126 cm³/mol. The first-order valence-electron chi connectivity index (χ1n) is 10.9. The molecule has 1 atom stereocenters. The zero-order valence-corrected chi connectivity index (χ0v) is 17.9. The lowest BCUT2D eigenvalue weighted by Gasteiger charge is -2.33. The van der Waals surface area contributed by atoms with E-state index in [0.717, 1.165) is 41.3 Å². The van der Waals surface area contributed by atoms with E-state index in [1.807, 2.05) is 54.6 Å². The summed E-state index contributed by atoms with van der Waals surface area (Å²) >= 11 is 0. The first-order valence-corrected chi connectivity index (χ1v) is 10.9. The van der Waals surface area contributed by atoms with Crippen molar-refractivity contribution in [2.75, 3.05) is 18.0 Å². The van der Waals surface area contributed by atoms with Gasteiger partial charge in [-0.15, -0.1) is 0 Å². The van der Waals surface area contributed by atoms with Gasteiger partial charge in [0.25, 0.3) is 5.56 Å². The number of piperidine rings is 1. The van der Waals surface area contributed by atoms with Gasteiger partial charge >= 0.3 is 0 Å². The molecule has 2 aromatic carbocycles. The fourth-order valence-electron chi connectivity index (χ4n) is 4.43. The molecule has 2 aromatic heterocycles. The average molecular weight is 425 g/mol. The van der Waals surface area contributed by atoms with Gasteiger partial charge in [-0.25, -0.2) is 4.98 Å². The highest BCUT2D eigenvalue weighted by Crippen LogP contribution is 2.26. The van der Waals surface area contributed by atoms with Gasteiger partial charge in [0.15, 0.2) is 5.78 Å². The van der Waals surface area contributed by atoms with Gasteiger partial charge in [-0.2, -0.15) is 0 Å². The van der Waals surface area contributed by atoms with Crippen molar-refractivity contribution >= 4 is 22.5 Å². The Kier molecular flexibility index (Phi) is 5.27. The Hall–Kier alpha value is -3.80. The average Bonchev–Trinajstić information content (AvgIpc) is 2.85. The molecule has 3 heterocycles. The molecule has 6 nitrogen and oxygen atoms in total. The molecule has 1 aliphatic heterocycles. The van der Waals surface area contributed by atoms with Gasteiger partial charge in [0.05, 0.1) is 5.69 Å². The number of anilines is 1. The number of fused-ring (bicyclic) bond motifs is 1. The highest BCUT2D eigenvalue weighted by atomic mass is 16.1. The lowest BCUT2D eigenvalue weighted by Crippen LogP contribution is -2.41. The zero-order valence-electron chi connectivity index (χ0n) is 17.9. The number of pyridine rings is 1. The van der Waals surface area contributed by atoms with Crippen LogP contribution in [0.2, 0.25) is 0 Å². The largest absolute Gasteiger partial charge is 0.341 e. The van der Waals surface area contributed by atoms with Gasteiger partial charge in [-0.1, -0.05) is 36.4 Å². The molecule has 1 unspecified atom stereocenters. The highest BCUT2D eigenvalue weighted by molar-refractivity contribution is 6.01. The number of ketones is 1. The minimum absolute atomic E-state index is 0.121. The zero-order chi connectivity index (χ0) is 22.1. The minimum Gasteiger partial charge on any atom is -0.341 e. The second kappa shape index (κ2) is 8.38. The van der Waals surface area contributed by atoms with Crippen LogP contribution in [0.4, 0.5) is 5.95 Å². The monoisotopic (exact) mass is 424 g/mol. The third kappa shape index (κ3) is 3.80. The van der Waals surface area contributed by atoms with E-state index in [1.165, 1.54) is 0 Å². The third-order valence-electron chi connectivity index (χ3n) is 6.20. The molecule has 0 aliphatic carbocycles. The molecule has 0 bridgehead atoms. The summed E-state index contributed by atoms with van der Waals surface area (Å²) in [5.41, 5.74) is 2.08. The van der Waals surface area contributed by atoms with Crippen molar-refractivity contribution in [1.82, 2.24) is 14.5 Å². The van der Waals surface area contributed by atoms with E-state index in [9.17, 15) is 9.59 Å². The molecule has 160 valence electrons. The minimum atomic E-state index is -0.133. The predicted octanol–water partition coefficient (Wildman–Crippen LogP) is 4.09. The topological polar surface area (TPSA) is 68.1 Å². The van der Waals surface area contributed by atoms with E-state index in [1.54, 1.807) is 30.1 Å². The Morgan fingerprint density at radius 3 is 2.59 bits per heavy atom. The van der Waals surface area contributed by atoms with Crippen molar-refractivity contribution in [1.29, 1.82) is 0 Å². The maximum atomic E-state index is 13.3. The third-order valence-corrected chi connectivity index (χ3v) is 6.20. The van der Waals surface area contributed by atoms with E-state index in [0.29, 0.717) is 18.2 Å². The molecule has 6 heteroatoms. The Labute approximate surface area is 186 Å². The molecule has 32 heavy (non-hydrogen) atoms. The molecular formula is C26H24N4O2. The number of nitrogens with zero attached hydrogens (tertiary/aromatic N) is 4. The lowest BCUT2D eigenvalue weighted by atomic mass is 9.89. The molecule has 0 radical (unpaired) electrons. The smallest absolute Gasteiger partial charge is 0.255 e. The maximum Gasteiger partial charge on any atom is 0.255 e. The molecule has 5 rings (SSSR count). The number of hydrogen-bond donors (Lipinski definition) is 0. The van der Waals surface area contributed by atoms with Gasteiger partial charge in [0.2, 0.25) is 5.95 Å². The van der Waals surface area contributed by atoms with Crippen LogP contribution < -0.4 is 10.5 Å². The lowest BCUT2D eigenvalue weighted by molar-refractivity contribution is 0.0907. The highest BCUT2D eigenvalue weighted by Gasteiger charge is 2.29. The molecule has 0 spiro atoms. The maximum absolute atomic E-state index is 13.3. The van der Waals surface area contributed by atoms with Crippen molar-refractivity contribution in [3.63, 3.8) is 0 Å². The molecule has 0 N–H and O–H groups in total. The first-order chi connectivity index (χ1) is 15.6. The molecule has 0 amide bonds. The van der Waals surface area contributed by atoms with E-state index in [2.05, 4.69) is 9.88 Å². The van der Waals surface area contributed by atoms with Gasteiger partial charge in [-0.05, 0) is 41.8 Å². The van der Waals surface area contributed by atoms with Crippen molar-refractivity contribution in [3.05, 3.63) is 89.0 Å². The summed E-state index contributed by atoms with van der Waals surface area (Å²) in [4.78, 5) is 36.9. The van der Waals surface area contributed by atoms with E-state index >= 15 is 0 Å². The van der Waals surface area contributed by atoms with Crippen molar-refractivity contribution in [2.24, 2.45) is 13.0 Å². The van der Waals surface area contributed by atoms with Gasteiger partial charge in [0, 0.05) is 55.6 Å². The van der Waals surface area contributed by atoms with Crippen LogP contribution >= 0.6 is 0 Å². The number of carbonyl (C=O) groups excluding carboxylic acids is 1. The van der Waals surface area contributed by atoms with Crippen molar-refractivity contribution in [2.45, 2.75) is 12.8 Å². The molecule has 1 aliphatic rings. The Balaban J connectivity index is 1.44. The summed E-state index contributed by atoms with van der Waals surface area (Å²) in [5.74, 6) is 0.613. The number of hydrogen-bond acceptors (Lipinski definition) is 5. The normalized spacial score (nSPS) is 16.3. The van der Waals surface area contributed by atoms with Gasteiger partial charge in [0.1, 0.15) is 0 Å². The Morgan fingerprint density at radius 1 is 1.00 bits per heavy atom.